The number of aromatic nitrogens is 1. The molecule has 0 N–H and O–H groups in total. The smallest absolute Gasteiger partial charge is 0.137 e. The van der Waals surface area contributed by atoms with Gasteiger partial charge in [-0.1, -0.05) is 43.3 Å². The fourth-order valence-corrected chi connectivity index (χ4v) is 3.00. The SMILES string of the molecule is COc1cccc(C(C)CC(=O)Cc2cccc3cccnc23)c1. The van der Waals surface area contributed by atoms with Crippen molar-refractivity contribution < 1.29 is 9.53 Å². The summed E-state index contributed by atoms with van der Waals surface area (Å²) in [6.07, 6.45) is 2.70. The molecule has 1 aromatic heterocycles. The molecule has 0 fully saturated rings. The molecule has 0 saturated carbocycles. The van der Waals surface area contributed by atoms with Crippen LogP contribution in [0.2, 0.25) is 0 Å². The topological polar surface area (TPSA) is 39.2 Å². The molecule has 0 aliphatic carbocycles. The van der Waals surface area contributed by atoms with E-state index >= 15 is 0 Å². The van der Waals surface area contributed by atoms with Crippen molar-refractivity contribution in [2.75, 3.05) is 7.11 Å². The van der Waals surface area contributed by atoms with E-state index in [9.17, 15) is 4.79 Å². The maximum absolute atomic E-state index is 12.5. The van der Waals surface area contributed by atoms with Gasteiger partial charge in [0.1, 0.15) is 11.5 Å². The summed E-state index contributed by atoms with van der Waals surface area (Å²) in [6, 6.07) is 17.9. The second-order valence-electron chi connectivity index (χ2n) is 6.09. The van der Waals surface area contributed by atoms with Crippen molar-refractivity contribution in [2.45, 2.75) is 25.7 Å². The highest BCUT2D eigenvalue weighted by molar-refractivity contribution is 5.88. The Morgan fingerprint density at radius 3 is 2.75 bits per heavy atom. The van der Waals surface area contributed by atoms with Crippen LogP contribution < -0.4 is 4.74 Å². The maximum atomic E-state index is 12.5. The van der Waals surface area contributed by atoms with Crippen LogP contribution in [0.4, 0.5) is 0 Å². The highest BCUT2D eigenvalue weighted by Gasteiger charge is 2.14. The molecule has 3 heteroatoms. The van der Waals surface area contributed by atoms with E-state index in [0.29, 0.717) is 12.8 Å². The first kappa shape index (κ1) is 16.2. The Labute approximate surface area is 142 Å². The molecule has 3 aromatic rings. The van der Waals surface area contributed by atoms with Gasteiger partial charge in [-0.15, -0.1) is 0 Å². The van der Waals surface area contributed by atoms with Crippen LogP contribution in [0.1, 0.15) is 30.4 Å². The molecule has 1 heterocycles. The largest absolute Gasteiger partial charge is 0.497 e. The van der Waals surface area contributed by atoms with E-state index in [4.69, 9.17) is 4.74 Å². The fourth-order valence-electron chi connectivity index (χ4n) is 3.00. The summed E-state index contributed by atoms with van der Waals surface area (Å²) in [5.74, 6) is 1.21. The number of Topliss-reactive ketones (excluding diaryl/α,β-unsaturated/α-hetero) is 1. The van der Waals surface area contributed by atoms with E-state index in [1.54, 1.807) is 13.3 Å². The van der Waals surface area contributed by atoms with Crippen molar-refractivity contribution in [3.8, 4) is 5.75 Å². The molecule has 0 bridgehead atoms. The zero-order valence-electron chi connectivity index (χ0n) is 14.0. The highest BCUT2D eigenvalue weighted by atomic mass is 16.5. The molecule has 3 rings (SSSR count). The van der Waals surface area contributed by atoms with Gasteiger partial charge in [0.05, 0.1) is 12.6 Å². The normalized spacial score (nSPS) is 12.1. The first-order valence-electron chi connectivity index (χ1n) is 8.15. The van der Waals surface area contributed by atoms with Gasteiger partial charge in [-0.05, 0) is 35.2 Å². The Kier molecular flexibility index (Phi) is 4.90. The molecule has 0 amide bonds. The van der Waals surface area contributed by atoms with Gasteiger partial charge in [0.15, 0.2) is 0 Å². The van der Waals surface area contributed by atoms with Crippen LogP contribution in [0.5, 0.6) is 5.75 Å². The zero-order valence-corrected chi connectivity index (χ0v) is 14.0. The molecule has 122 valence electrons. The van der Waals surface area contributed by atoms with Crippen LogP contribution in [0, 0.1) is 0 Å². The zero-order chi connectivity index (χ0) is 16.9. The number of hydrogen-bond acceptors (Lipinski definition) is 3. The quantitative estimate of drug-likeness (QED) is 0.669. The maximum Gasteiger partial charge on any atom is 0.137 e. The Bertz CT molecular complexity index is 852. The molecule has 3 nitrogen and oxygen atoms in total. The van der Waals surface area contributed by atoms with Gasteiger partial charge in [-0.3, -0.25) is 9.78 Å². The lowest BCUT2D eigenvalue weighted by molar-refractivity contribution is -0.118. The molecule has 0 saturated heterocycles. The van der Waals surface area contributed by atoms with Crippen molar-refractivity contribution in [1.29, 1.82) is 0 Å². The minimum atomic E-state index is 0.163. The average Bonchev–Trinajstić information content (AvgIpc) is 2.62. The lowest BCUT2D eigenvalue weighted by Crippen LogP contribution is -2.08. The number of hydrogen-bond donors (Lipinski definition) is 0. The molecule has 2 aromatic carbocycles. The highest BCUT2D eigenvalue weighted by Crippen LogP contribution is 2.24. The van der Waals surface area contributed by atoms with Gasteiger partial charge in [-0.2, -0.15) is 0 Å². The summed E-state index contributed by atoms with van der Waals surface area (Å²) >= 11 is 0. The third kappa shape index (κ3) is 3.62. The Morgan fingerprint density at radius 1 is 1.12 bits per heavy atom. The Morgan fingerprint density at radius 2 is 1.92 bits per heavy atom. The number of pyridine rings is 1. The van der Waals surface area contributed by atoms with Crippen molar-refractivity contribution in [2.24, 2.45) is 0 Å². The molecule has 0 spiro atoms. The summed E-state index contributed by atoms with van der Waals surface area (Å²) < 4.78 is 5.26. The number of carbonyl (C=O) groups excluding carboxylic acids is 1. The van der Waals surface area contributed by atoms with E-state index in [2.05, 4.69) is 11.9 Å². The van der Waals surface area contributed by atoms with Gasteiger partial charge in [0.25, 0.3) is 0 Å². The van der Waals surface area contributed by atoms with Gasteiger partial charge >= 0.3 is 0 Å². The average molecular weight is 319 g/mol. The summed E-state index contributed by atoms with van der Waals surface area (Å²) in [5.41, 5.74) is 3.04. The van der Waals surface area contributed by atoms with Gasteiger partial charge in [-0.25, -0.2) is 0 Å². The summed E-state index contributed by atoms with van der Waals surface area (Å²) in [7, 11) is 1.66. The number of para-hydroxylation sites is 1. The predicted molar refractivity (Wildman–Crippen MR) is 96.5 cm³/mol. The monoisotopic (exact) mass is 319 g/mol. The molecule has 1 atom stereocenters. The predicted octanol–water partition coefficient (Wildman–Crippen LogP) is 4.55. The summed E-state index contributed by atoms with van der Waals surface area (Å²) in [4.78, 5) is 17.0. The van der Waals surface area contributed by atoms with E-state index < -0.39 is 0 Å². The van der Waals surface area contributed by atoms with Gasteiger partial charge < -0.3 is 4.74 Å². The molecular formula is C21H21NO2. The molecule has 0 aliphatic heterocycles. The van der Waals surface area contributed by atoms with Crippen LogP contribution in [0.15, 0.2) is 60.8 Å². The number of carbonyl (C=O) groups is 1. The van der Waals surface area contributed by atoms with E-state index in [1.165, 1.54) is 0 Å². The molecule has 1 unspecified atom stereocenters. The van der Waals surface area contributed by atoms with Crippen LogP contribution >= 0.6 is 0 Å². The number of methoxy groups -OCH3 is 1. The Balaban J connectivity index is 1.72. The van der Waals surface area contributed by atoms with Crippen molar-refractivity contribution in [3.05, 3.63) is 71.9 Å². The first-order valence-corrected chi connectivity index (χ1v) is 8.15. The molecular weight excluding hydrogens is 298 g/mol. The second kappa shape index (κ2) is 7.26. The fraction of sp³-hybridized carbons (Fsp3) is 0.238. The third-order valence-electron chi connectivity index (χ3n) is 4.30. The van der Waals surface area contributed by atoms with Crippen molar-refractivity contribution in [3.63, 3.8) is 0 Å². The van der Waals surface area contributed by atoms with Gasteiger partial charge in [0, 0.05) is 24.4 Å². The number of ketones is 1. The summed E-state index contributed by atoms with van der Waals surface area (Å²) in [6.45, 7) is 2.08. The first-order chi connectivity index (χ1) is 11.7. The molecule has 0 aliphatic rings. The standard InChI is InChI=1S/C21H21NO2/c1-15(17-7-4-10-20(14-17)24-2)12-19(23)13-18-8-3-6-16-9-5-11-22-21(16)18/h3-11,14-15H,12-13H2,1-2H3. The van der Waals surface area contributed by atoms with Crippen LogP contribution in [-0.4, -0.2) is 17.9 Å². The Hall–Kier alpha value is -2.68. The summed E-state index contributed by atoms with van der Waals surface area (Å²) in [5, 5.41) is 1.07. The number of fused-ring (bicyclic) bond motifs is 1. The molecule has 0 radical (unpaired) electrons. The van der Waals surface area contributed by atoms with E-state index in [-0.39, 0.29) is 11.7 Å². The lowest BCUT2D eigenvalue weighted by Gasteiger charge is -2.13. The van der Waals surface area contributed by atoms with Crippen LogP contribution in [-0.2, 0) is 11.2 Å². The van der Waals surface area contributed by atoms with Crippen molar-refractivity contribution in [1.82, 2.24) is 4.98 Å². The number of nitrogens with zero attached hydrogens (tertiary/aromatic N) is 1. The van der Waals surface area contributed by atoms with E-state index in [0.717, 1.165) is 27.8 Å². The van der Waals surface area contributed by atoms with Crippen molar-refractivity contribution >= 4 is 16.7 Å². The number of ether oxygens (including phenoxy) is 1. The second-order valence-corrected chi connectivity index (χ2v) is 6.09. The third-order valence-corrected chi connectivity index (χ3v) is 4.30. The van der Waals surface area contributed by atoms with Crippen LogP contribution in [0.3, 0.4) is 0 Å². The van der Waals surface area contributed by atoms with Crippen LogP contribution in [0.25, 0.3) is 10.9 Å². The van der Waals surface area contributed by atoms with Gasteiger partial charge in [0.2, 0.25) is 0 Å². The number of benzene rings is 2. The minimum Gasteiger partial charge on any atom is -0.497 e. The minimum absolute atomic E-state index is 0.163. The number of rotatable bonds is 6. The van der Waals surface area contributed by atoms with E-state index in [1.807, 2.05) is 54.6 Å². The lowest BCUT2D eigenvalue weighted by atomic mass is 9.93. The molecule has 24 heavy (non-hydrogen) atoms.